The molecule has 1 heterocycles. The number of nitrogens with zero attached hydrogens (tertiary/aromatic N) is 3. The van der Waals surface area contributed by atoms with Crippen LogP contribution in [-0.2, 0) is 9.53 Å². The third-order valence-corrected chi connectivity index (χ3v) is 6.84. The number of esters is 1. The zero-order valence-corrected chi connectivity index (χ0v) is 24.8. The van der Waals surface area contributed by atoms with Crippen molar-refractivity contribution in [2.45, 2.75) is 32.6 Å². The molecule has 1 aromatic heterocycles. The highest BCUT2D eigenvalue weighted by atomic mass is 35.5. The molecule has 0 amide bonds. The van der Waals surface area contributed by atoms with E-state index in [0.29, 0.717) is 53.4 Å². The molecular weight excluding hydrogens is 553 g/mol. The van der Waals surface area contributed by atoms with Gasteiger partial charge >= 0.3 is 5.97 Å². The molecule has 0 aliphatic carbocycles. The Balaban J connectivity index is 1.64. The SMILES string of the molecule is CC(=N)c1c(N)nc(-c2ccc(NSc3cc(Cl)ccc3F)cc2)nc1NCCN(C)CCOC(=O)C(C)(C)C. The van der Waals surface area contributed by atoms with Crippen LogP contribution in [0.4, 0.5) is 21.7 Å². The van der Waals surface area contributed by atoms with Gasteiger partial charge in [0.05, 0.1) is 15.9 Å². The van der Waals surface area contributed by atoms with Gasteiger partial charge in [0.15, 0.2) is 5.82 Å². The predicted molar refractivity (Wildman–Crippen MR) is 162 cm³/mol. The van der Waals surface area contributed by atoms with Crippen molar-refractivity contribution < 1.29 is 13.9 Å². The molecule has 0 atom stereocenters. The quantitative estimate of drug-likeness (QED) is 0.115. The standard InChI is InChI=1S/C28H35ClFN7O2S/c1-17(31)23-24(32)34-25(35-26(23)33-12-13-37(5)14-15-39-27(38)28(2,3)4)18-6-9-20(10-7-18)36-40-22-16-19(29)8-11-21(22)30/h6-11,16,31,36H,12-15H2,1-5H3,(H3,32,33,34,35). The lowest BCUT2D eigenvalue weighted by atomic mass is 9.97. The van der Waals surface area contributed by atoms with E-state index < -0.39 is 5.41 Å². The van der Waals surface area contributed by atoms with Crippen molar-refractivity contribution in [3.63, 3.8) is 0 Å². The average molecular weight is 588 g/mol. The van der Waals surface area contributed by atoms with E-state index in [1.54, 1.807) is 13.0 Å². The highest BCUT2D eigenvalue weighted by Crippen LogP contribution is 2.29. The van der Waals surface area contributed by atoms with Gasteiger partial charge in [-0.1, -0.05) is 11.6 Å². The topological polar surface area (TPSA) is 129 Å². The summed E-state index contributed by atoms with van der Waals surface area (Å²) in [6, 6.07) is 11.7. The van der Waals surface area contributed by atoms with Gasteiger partial charge in [0.1, 0.15) is 24.1 Å². The van der Waals surface area contributed by atoms with Crippen LogP contribution in [0, 0.1) is 16.6 Å². The molecule has 3 aromatic rings. The summed E-state index contributed by atoms with van der Waals surface area (Å²) in [7, 11) is 1.93. The highest BCUT2D eigenvalue weighted by Gasteiger charge is 2.23. The first-order valence-electron chi connectivity index (χ1n) is 12.7. The average Bonchev–Trinajstić information content (AvgIpc) is 2.88. The van der Waals surface area contributed by atoms with Crippen molar-refractivity contribution in [2.75, 3.05) is 49.1 Å². The Kier molecular flexibility index (Phi) is 10.7. The number of hydrogen-bond donors (Lipinski definition) is 4. The smallest absolute Gasteiger partial charge is 0.311 e. The molecule has 2 aromatic carbocycles. The Hall–Kier alpha value is -3.41. The van der Waals surface area contributed by atoms with Gasteiger partial charge < -0.3 is 30.8 Å². The Morgan fingerprint density at radius 1 is 1.18 bits per heavy atom. The first kappa shape index (κ1) is 31.1. The minimum absolute atomic E-state index is 0.205. The zero-order valence-electron chi connectivity index (χ0n) is 23.3. The van der Waals surface area contributed by atoms with Crippen molar-refractivity contribution >= 4 is 52.6 Å². The molecular formula is C28H35ClFN7O2S. The van der Waals surface area contributed by atoms with Crippen LogP contribution in [0.15, 0.2) is 47.4 Å². The summed E-state index contributed by atoms with van der Waals surface area (Å²) in [4.78, 5) is 23.4. The summed E-state index contributed by atoms with van der Waals surface area (Å²) in [5.74, 6) is 0.492. The molecule has 12 heteroatoms. The van der Waals surface area contributed by atoms with Crippen LogP contribution in [0.3, 0.4) is 0 Å². The Bertz CT molecular complexity index is 1350. The molecule has 214 valence electrons. The van der Waals surface area contributed by atoms with Crippen LogP contribution in [0.2, 0.25) is 5.02 Å². The Labute approximate surface area is 243 Å². The van der Waals surface area contributed by atoms with E-state index in [0.717, 1.165) is 23.2 Å². The van der Waals surface area contributed by atoms with Gasteiger partial charge in [-0.05, 0) is 89.2 Å². The molecule has 0 bridgehead atoms. The second-order valence-corrected chi connectivity index (χ2v) is 11.5. The monoisotopic (exact) mass is 587 g/mol. The van der Waals surface area contributed by atoms with Gasteiger partial charge in [0.25, 0.3) is 0 Å². The second-order valence-electron chi connectivity index (χ2n) is 10.3. The van der Waals surface area contributed by atoms with E-state index in [2.05, 4.69) is 20.0 Å². The summed E-state index contributed by atoms with van der Waals surface area (Å²) in [6.07, 6.45) is 0. The van der Waals surface area contributed by atoms with Crippen LogP contribution in [0.5, 0.6) is 0 Å². The van der Waals surface area contributed by atoms with Crippen LogP contribution in [0.1, 0.15) is 33.3 Å². The molecule has 0 unspecified atom stereocenters. The molecule has 0 aliphatic heterocycles. The van der Waals surface area contributed by atoms with Gasteiger partial charge in [-0.25, -0.2) is 14.4 Å². The number of nitrogens with one attached hydrogen (secondary N) is 3. The molecule has 0 saturated carbocycles. The molecule has 3 rings (SSSR count). The highest BCUT2D eigenvalue weighted by molar-refractivity contribution is 8.00. The van der Waals surface area contributed by atoms with Crippen molar-refractivity contribution in [3.8, 4) is 11.4 Å². The number of hydrogen-bond acceptors (Lipinski definition) is 10. The van der Waals surface area contributed by atoms with Crippen LogP contribution in [0.25, 0.3) is 11.4 Å². The van der Waals surface area contributed by atoms with E-state index in [4.69, 9.17) is 27.5 Å². The fourth-order valence-corrected chi connectivity index (χ4v) is 4.40. The number of carbonyl (C=O) groups is 1. The number of carbonyl (C=O) groups excluding carboxylic acids is 1. The Morgan fingerprint density at radius 3 is 2.52 bits per heavy atom. The summed E-state index contributed by atoms with van der Waals surface area (Å²) in [6.45, 7) is 9.16. The number of anilines is 3. The fourth-order valence-electron chi connectivity index (χ4n) is 3.45. The second kappa shape index (κ2) is 13.8. The minimum atomic E-state index is -0.530. The summed E-state index contributed by atoms with van der Waals surface area (Å²) < 4.78 is 22.4. The van der Waals surface area contributed by atoms with Gasteiger partial charge in [-0.15, -0.1) is 0 Å². The minimum Gasteiger partial charge on any atom is -0.464 e. The van der Waals surface area contributed by atoms with Gasteiger partial charge in [0, 0.05) is 41.6 Å². The van der Waals surface area contributed by atoms with Gasteiger partial charge in [0.2, 0.25) is 0 Å². The zero-order chi connectivity index (χ0) is 29.4. The number of halogens is 2. The van der Waals surface area contributed by atoms with Gasteiger partial charge in [-0.3, -0.25) is 4.79 Å². The maximum Gasteiger partial charge on any atom is 0.311 e. The summed E-state index contributed by atoms with van der Waals surface area (Å²) >= 11 is 7.09. The summed E-state index contributed by atoms with van der Waals surface area (Å²) in [5, 5.41) is 11.9. The maximum absolute atomic E-state index is 14.0. The van der Waals surface area contributed by atoms with Crippen LogP contribution in [-0.4, -0.2) is 59.8 Å². The normalized spacial score (nSPS) is 11.4. The number of benzene rings is 2. The van der Waals surface area contributed by atoms with Crippen LogP contribution >= 0.6 is 23.5 Å². The largest absolute Gasteiger partial charge is 0.464 e. The number of likely N-dealkylation sites (N-methyl/N-ethyl adjacent to an activating group) is 1. The first-order valence-corrected chi connectivity index (χ1v) is 13.9. The molecule has 0 aliphatic rings. The molecule has 9 nitrogen and oxygen atoms in total. The van der Waals surface area contributed by atoms with E-state index in [1.165, 1.54) is 12.1 Å². The van der Waals surface area contributed by atoms with Crippen molar-refractivity contribution in [2.24, 2.45) is 5.41 Å². The Morgan fingerprint density at radius 2 is 1.88 bits per heavy atom. The molecule has 0 radical (unpaired) electrons. The fraction of sp³-hybridized carbons (Fsp3) is 0.357. The van der Waals surface area contributed by atoms with Crippen LogP contribution < -0.4 is 15.8 Å². The molecule has 0 fully saturated rings. The lowest BCUT2D eigenvalue weighted by Gasteiger charge is -2.20. The molecule has 0 saturated heterocycles. The number of nitrogen functional groups attached to an aromatic ring is 1. The maximum atomic E-state index is 14.0. The molecule has 0 spiro atoms. The van der Waals surface area contributed by atoms with E-state index in [-0.39, 0.29) is 23.3 Å². The predicted octanol–water partition coefficient (Wildman–Crippen LogP) is 5.96. The third kappa shape index (κ3) is 8.80. The van der Waals surface area contributed by atoms with Crippen molar-refractivity contribution in [1.29, 1.82) is 5.41 Å². The lowest BCUT2D eigenvalue weighted by Crippen LogP contribution is -2.31. The number of rotatable bonds is 12. The van der Waals surface area contributed by atoms with Crippen molar-refractivity contribution in [1.82, 2.24) is 14.9 Å². The summed E-state index contributed by atoms with van der Waals surface area (Å²) in [5.41, 5.74) is 7.88. The lowest BCUT2D eigenvalue weighted by molar-refractivity contribution is -0.153. The van der Waals surface area contributed by atoms with E-state index in [9.17, 15) is 9.18 Å². The number of nitrogens with two attached hydrogens (primary N) is 1. The van der Waals surface area contributed by atoms with Crippen molar-refractivity contribution in [3.05, 3.63) is 58.9 Å². The first-order chi connectivity index (χ1) is 18.8. The van der Waals surface area contributed by atoms with Gasteiger partial charge in [-0.2, -0.15) is 0 Å². The van der Waals surface area contributed by atoms with E-state index >= 15 is 0 Å². The third-order valence-electron chi connectivity index (χ3n) is 5.73. The van der Waals surface area contributed by atoms with E-state index in [1.807, 2.05) is 57.0 Å². The molecule has 5 N–H and O–H groups in total. The number of ether oxygens (including phenoxy) is 1. The number of aromatic nitrogens is 2. The molecule has 40 heavy (non-hydrogen) atoms.